The van der Waals surface area contributed by atoms with Gasteiger partial charge in [0.05, 0.1) is 11.9 Å². The van der Waals surface area contributed by atoms with Crippen LogP contribution in [0.25, 0.3) is 0 Å². The Morgan fingerprint density at radius 2 is 1.77 bits per heavy atom. The van der Waals surface area contributed by atoms with E-state index < -0.39 is 46.1 Å². The van der Waals surface area contributed by atoms with Crippen LogP contribution in [0.3, 0.4) is 0 Å². The van der Waals surface area contributed by atoms with Crippen LogP contribution in [0, 0.1) is 11.6 Å². The summed E-state index contributed by atoms with van der Waals surface area (Å²) in [6, 6.07) is 8.24. The van der Waals surface area contributed by atoms with Crippen LogP contribution in [0.15, 0.2) is 42.5 Å². The minimum absolute atomic E-state index is 0.0670. The van der Waals surface area contributed by atoms with Crippen LogP contribution in [0.4, 0.5) is 14.5 Å². The van der Waals surface area contributed by atoms with E-state index in [2.05, 4.69) is 5.32 Å². The molecule has 0 saturated heterocycles. The summed E-state index contributed by atoms with van der Waals surface area (Å²) < 4.78 is 52.2. The molecule has 2 aromatic rings. The molecule has 0 radical (unpaired) electrons. The molecule has 0 bridgehead atoms. The number of sulfonamides is 1. The maximum Gasteiger partial charge on any atom is 0.244 e. The van der Waals surface area contributed by atoms with Gasteiger partial charge < -0.3 is 10.2 Å². The van der Waals surface area contributed by atoms with Gasteiger partial charge in [-0.1, -0.05) is 29.8 Å². The van der Waals surface area contributed by atoms with Crippen molar-refractivity contribution in [1.82, 2.24) is 10.2 Å². The highest BCUT2D eigenvalue weighted by molar-refractivity contribution is 7.92. The van der Waals surface area contributed by atoms with Gasteiger partial charge in [0.2, 0.25) is 21.8 Å². The molecule has 11 heteroatoms. The second-order valence-corrected chi connectivity index (χ2v) is 9.09. The topological polar surface area (TPSA) is 86.8 Å². The van der Waals surface area contributed by atoms with E-state index in [4.69, 9.17) is 11.6 Å². The van der Waals surface area contributed by atoms with Crippen molar-refractivity contribution >= 4 is 39.1 Å². The molecular formula is C20H22ClF2N3O4S. The number of rotatable bonds is 8. The molecule has 2 amide bonds. The summed E-state index contributed by atoms with van der Waals surface area (Å²) in [5.74, 6) is -3.62. The van der Waals surface area contributed by atoms with Crippen molar-refractivity contribution in [1.29, 1.82) is 0 Å². The average Bonchev–Trinajstić information content (AvgIpc) is 2.71. The Morgan fingerprint density at radius 3 is 2.32 bits per heavy atom. The van der Waals surface area contributed by atoms with Crippen molar-refractivity contribution in [3.8, 4) is 0 Å². The number of amides is 2. The van der Waals surface area contributed by atoms with Crippen molar-refractivity contribution < 1.29 is 26.8 Å². The third-order valence-electron chi connectivity index (χ3n) is 4.58. The van der Waals surface area contributed by atoms with E-state index >= 15 is 0 Å². The molecule has 0 saturated carbocycles. The highest BCUT2D eigenvalue weighted by Crippen LogP contribution is 2.23. The molecule has 0 unspecified atom stereocenters. The zero-order chi connectivity index (χ0) is 23.3. The molecular weight excluding hydrogens is 452 g/mol. The molecule has 2 aromatic carbocycles. The number of hydrogen-bond donors (Lipinski definition) is 1. The smallest absolute Gasteiger partial charge is 0.244 e. The monoisotopic (exact) mass is 473 g/mol. The summed E-state index contributed by atoms with van der Waals surface area (Å²) in [6.45, 7) is 0.689. The molecule has 168 valence electrons. The quantitative estimate of drug-likeness (QED) is 0.638. The predicted octanol–water partition coefficient (Wildman–Crippen LogP) is 2.55. The van der Waals surface area contributed by atoms with Crippen LogP contribution < -0.4 is 9.62 Å². The Kier molecular flexibility index (Phi) is 7.96. The third kappa shape index (κ3) is 6.14. The van der Waals surface area contributed by atoms with E-state index in [-0.39, 0.29) is 12.2 Å². The van der Waals surface area contributed by atoms with Crippen molar-refractivity contribution in [2.24, 2.45) is 0 Å². The van der Waals surface area contributed by atoms with Gasteiger partial charge in [0, 0.05) is 24.7 Å². The Hall–Kier alpha value is -2.72. The minimum atomic E-state index is -4.04. The first-order valence-corrected chi connectivity index (χ1v) is 11.4. The fourth-order valence-electron chi connectivity index (χ4n) is 2.86. The summed E-state index contributed by atoms with van der Waals surface area (Å²) in [6.07, 6.45) is 0.835. The van der Waals surface area contributed by atoms with Gasteiger partial charge in [-0.25, -0.2) is 17.2 Å². The number of carbonyl (C=O) groups excluding carboxylic acids is 2. The molecule has 0 aliphatic carbocycles. The molecule has 1 atom stereocenters. The van der Waals surface area contributed by atoms with Gasteiger partial charge in [0.15, 0.2) is 11.6 Å². The highest BCUT2D eigenvalue weighted by Gasteiger charge is 2.30. The number of hydrogen-bond acceptors (Lipinski definition) is 4. The van der Waals surface area contributed by atoms with Gasteiger partial charge >= 0.3 is 0 Å². The van der Waals surface area contributed by atoms with Crippen molar-refractivity contribution in [2.75, 3.05) is 24.2 Å². The van der Waals surface area contributed by atoms with Crippen LogP contribution in [-0.2, 0) is 26.2 Å². The number of halogens is 3. The maximum atomic E-state index is 13.7. The first kappa shape index (κ1) is 24.5. The Labute approximate surface area is 184 Å². The van der Waals surface area contributed by atoms with Gasteiger partial charge in [0.1, 0.15) is 12.6 Å². The summed E-state index contributed by atoms with van der Waals surface area (Å²) in [7, 11) is -2.63. The fourth-order valence-corrected chi connectivity index (χ4v) is 3.89. The zero-order valence-corrected chi connectivity index (χ0v) is 18.7. The van der Waals surface area contributed by atoms with Gasteiger partial charge in [-0.15, -0.1) is 0 Å². The van der Waals surface area contributed by atoms with Gasteiger partial charge in [-0.3, -0.25) is 13.9 Å². The lowest BCUT2D eigenvalue weighted by Crippen LogP contribution is -2.50. The third-order valence-corrected chi connectivity index (χ3v) is 6.09. The van der Waals surface area contributed by atoms with Gasteiger partial charge in [-0.2, -0.15) is 0 Å². The second kappa shape index (κ2) is 10.1. The van der Waals surface area contributed by atoms with Crippen LogP contribution >= 0.6 is 11.6 Å². The number of likely N-dealkylation sites (N-methyl/N-ethyl adjacent to an activating group) is 1. The van der Waals surface area contributed by atoms with Crippen molar-refractivity contribution in [3.05, 3.63) is 64.7 Å². The summed E-state index contributed by atoms with van der Waals surface area (Å²) >= 11 is 6.18. The number of nitrogens with zero attached hydrogens (tertiary/aromatic N) is 2. The minimum Gasteiger partial charge on any atom is -0.357 e. The molecule has 0 aliphatic heterocycles. The number of nitrogens with one attached hydrogen (secondary N) is 1. The van der Waals surface area contributed by atoms with E-state index in [1.165, 1.54) is 14.0 Å². The molecule has 0 aliphatic rings. The molecule has 0 spiro atoms. The van der Waals surface area contributed by atoms with Crippen LogP contribution in [0.1, 0.15) is 12.5 Å². The Morgan fingerprint density at radius 1 is 1.13 bits per heavy atom. The van der Waals surface area contributed by atoms with E-state index in [0.29, 0.717) is 21.0 Å². The van der Waals surface area contributed by atoms with Crippen LogP contribution in [-0.4, -0.2) is 51.0 Å². The summed E-state index contributed by atoms with van der Waals surface area (Å²) in [4.78, 5) is 26.5. The Bertz CT molecular complexity index is 1080. The maximum absolute atomic E-state index is 13.7. The molecule has 0 aromatic heterocycles. The second-order valence-electron chi connectivity index (χ2n) is 6.77. The molecule has 1 N–H and O–H groups in total. The standard InChI is InChI=1S/C20H22ClF2N3O4S/c1-13(20(28)24-2)25(11-14-6-4-5-7-16(14)21)19(27)12-26(31(3,29)30)15-8-9-17(22)18(23)10-15/h4-10,13H,11-12H2,1-3H3,(H,24,28)/t13-/m1/s1. The lowest BCUT2D eigenvalue weighted by atomic mass is 10.1. The normalized spacial score (nSPS) is 12.2. The molecule has 0 fully saturated rings. The molecule has 7 nitrogen and oxygen atoms in total. The Balaban J connectivity index is 2.42. The number of benzene rings is 2. The van der Waals surface area contributed by atoms with E-state index in [9.17, 15) is 26.8 Å². The lowest BCUT2D eigenvalue weighted by molar-refractivity contribution is -0.139. The number of anilines is 1. The molecule has 0 heterocycles. The SMILES string of the molecule is CNC(=O)[C@@H](C)N(Cc1ccccc1Cl)C(=O)CN(c1ccc(F)c(F)c1)S(C)(=O)=O. The zero-order valence-electron chi connectivity index (χ0n) is 17.1. The first-order chi connectivity index (χ1) is 14.5. The molecule has 2 rings (SSSR count). The van der Waals surface area contributed by atoms with Gasteiger partial charge in [0.25, 0.3) is 0 Å². The van der Waals surface area contributed by atoms with E-state index in [1.54, 1.807) is 24.3 Å². The van der Waals surface area contributed by atoms with E-state index in [0.717, 1.165) is 23.3 Å². The predicted molar refractivity (Wildman–Crippen MR) is 114 cm³/mol. The largest absolute Gasteiger partial charge is 0.357 e. The van der Waals surface area contributed by atoms with Gasteiger partial charge in [-0.05, 0) is 30.7 Å². The molecule has 31 heavy (non-hydrogen) atoms. The van der Waals surface area contributed by atoms with Crippen LogP contribution in [0.2, 0.25) is 5.02 Å². The summed E-state index contributed by atoms with van der Waals surface area (Å²) in [5.41, 5.74) is 0.326. The lowest BCUT2D eigenvalue weighted by Gasteiger charge is -2.31. The van der Waals surface area contributed by atoms with E-state index in [1.807, 2.05) is 0 Å². The number of carbonyl (C=O) groups is 2. The average molecular weight is 474 g/mol. The highest BCUT2D eigenvalue weighted by atomic mass is 35.5. The fraction of sp³-hybridized carbons (Fsp3) is 0.300. The van der Waals surface area contributed by atoms with Crippen LogP contribution in [0.5, 0.6) is 0 Å². The van der Waals surface area contributed by atoms with Crippen molar-refractivity contribution in [3.63, 3.8) is 0 Å². The summed E-state index contributed by atoms with van der Waals surface area (Å²) in [5, 5.41) is 2.81. The van der Waals surface area contributed by atoms with Crippen molar-refractivity contribution in [2.45, 2.75) is 19.5 Å². The first-order valence-electron chi connectivity index (χ1n) is 9.13.